The molecule has 3 aliphatic heterocycles. The number of unbranched alkanes of at least 4 members (excludes halogenated alkanes) is 2. The van der Waals surface area contributed by atoms with E-state index in [0.29, 0.717) is 98.1 Å². The van der Waals surface area contributed by atoms with Gasteiger partial charge in [-0.05, 0) is 135 Å². The van der Waals surface area contributed by atoms with Crippen molar-refractivity contribution in [1.82, 2.24) is 5.06 Å². The Morgan fingerprint density at radius 3 is 2.15 bits per heavy atom. The molecule has 0 aromatic heterocycles. The van der Waals surface area contributed by atoms with Gasteiger partial charge >= 0.3 is 5.97 Å². The lowest BCUT2D eigenvalue weighted by atomic mass is 9.78. The molecule has 424 valence electrons. The van der Waals surface area contributed by atoms with Crippen LogP contribution in [0.5, 0.6) is 0 Å². The van der Waals surface area contributed by atoms with Gasteiger partial charge in [0.2, 0.25) is 5.69 Å². The van der Waals surface area contributed by atoms with Gasteiger partial charge in [0.25, 0.3) is 32.1 Å². The Kier molecular flexibility index (Phi) is 20.9. The second-order valence-electron chi connectivity index (χ2n) is 20.3. The molecule has 25 heteroatoms. The molecule has 1 saturated heterocycles. The van der Waals surface area contributed by atoms with Crippen molar-refractivity contribution in [2.75, 3.05) is 53.2 Å². The third-order valence-electron chi connectivity index (χ3n) is 14.4. The Morgan fingerprint density at radius 2 is 1.50 bits per heavy atom. The number of carbonyl (C=O) groups is 3. The lowest BCUT2D eigenvalue weighted by Gasteiger charge is -2.27. The molecule has 0 radical (unpaired) electrons. The lowest BCUT2D eigenvalue weighted by Crippen LogP contribution is -2.31. The molecule has 3 aromatic carbocycles. The average Bonchev–Trinajstić information content (AvgIpc) is 3.92. The van der Waals surface area contributed by atoms with E-state index in [1.54, 1.807) is 6.07 Å². The van der Waals surface area contributed by atoms with E-state index in [1.807, 2.05) is 36.4 Å². The van der Waals surface area contributed by atoms with Crippen LogP contribution in [0.4, 0.5) is 17.1 Å². The van der Waals surface area contributed by atoms with Gasteiger partial charge in [-0.15, -0.1) is 13.7 Å². The van der Waals surface area contributed by atoms with Crippen molar-refractivity contribution in [1.29, 1.82) is 0 Å². The van der Waals surface area contributed by atoms with Crippen LogP contribution in [0.15, 0.2) is 99.6 Å². The lowest BCUT2D eigenvalue weighted by molar-refractivity contribution is -0.438. The number of imide groups is 1. The molecule has 0 bridgehead atoms. The highest BCUT2D eigenvalue weighted by Gasteiger charge is 2.46. The predicted molar refractivity (Wildman–Crippen MR) is 298 cm³/mol. The fourth-order valence-electron chi connectivity index (χ4n) is 10.7. The number of hydrogen-bond acceptors (Lipinski definition) is 18. The van der Waals surface area contributed by atoms with Gasteiger partial charge in [0.05, 0.1) is 16.1 Å². The second kappa shape index (κ2) is 26.7. The summed E-state index contributed by atoms with van der Waals surface area (Å²) in [6, 6.07) is 14.5. The largest absolute Gasteiger partial charge is 0.371 e. The summed E-state index contributed by atoms with van der Waals surface area (Å²) in [4.78, 5) is 45.7. The summed E-state index contributed by atoms with van der Waals surface area (Å²) >= 11 is 9.32. The minimum Gasteiger partial charge on any atom is -0.371 e. The number of fused-ring (bicyclic) bond motifs is 4. The van der Waals surface area contributed by atoms with E-state index in [9.17, 15) is 40.3 Å². The van der Waals surface area contributed by atoms with Gasteiger partial charge in [-0.3, -0.25) is 18.7 Å². The zero-order valence-electron chi connectivity index (χ0n) is 43.9. The first-order valence-electron chi connectivity index (χ1n) is 25.6. The van der Waals surface area contributed by atoms with Gasteiger partial charge in [-0.2, -0.15) is 21.4 Å². The Balaban J connectivity index is 1.18. The van der Waals surface area contributed by atoms with Crippen LogP contribution >= 0.6 is 35.7 Å². The number of amides is 2. The van der Waals surface area contributed by atoms with Crippen LogP contribution in [0.1, 0.15) is 116 Å². The van der Waals surface area contributed by atoms with Crippen LogP contribution in [0.3, 0.4) is 0 Å². The molecule has 4 aliphatic rings. The number of nitrogens with zero attached hydrogens (tertiary/aromatic N) is 4. The van der Waals surface area contributed by atoms with Crippen LogP contribution < -0.4 is 9.80 Å². The molecule has 2 amide bonds. The fourth-order valence-corrected chi connectivity index (χ4v) is 12.7. The van der Waals surface area contributed by atoms with E-state index in [-0.39, 0.29) is 30.6 Å². The van der Waals surface area contributed by atoms with Crippen molar-refractivity contribution >= 4 is 107 Å². The van der Waals surface area contributed by atoms with E-state index in [1.165, 1.54) is 12.1 Å². The maximum atomic E-state index is 12.6. The quantitative estimate of drug-likeness (QED) is 0.0100. The van der Waals surface area contributed by atoms with E-state index in [0.717, 1.165) is 86.6 Å². The summed E-state index contributed by atoms with van der Waals surface area (Å²) in [6.45, 7) is 10.6. The Morgan fingerprint density at radius 1 is 0.808 bits per heavy atom. The minimum atomic E-state index is -4.46. The summed E-state index contributed by atoms with van der Waals surface area (Å²) < 4.78 is 79.1. The normalized spacial score (nSPS) is 18.4. The maximum absolute atomic E-state index is 12.6. The van der Waals surface area contributed by atoms with Gasteiger partial charge in [0.15, 0.2) is 5.71 Å². The van der Waals surface area contributed by atoms with Gasteiger partial charge in [-0.25, -0.2) is 15.3 Å². The molecule has 0 unspecified atom stereocenters. The molecule has 0 saturated carbocycles. The molecule has 3 heterocycles. The molecule has 78 heavy (non-hydrogen) atoms. The highest BCUT2D eigenvalue weighted by atomic mass is 35.5. The van der Waals surface area contributed by atoms with Crippen LogP contribution in [0, 0.1) is 0 Å². The van der Waals surface area contributed by atoms with Crippen LogP contribution in [0.2, 0.25) is 0 Å². The number of hydrogen-bond donors (Lipinski definition) is 4. The number of benzene rings is 3. The van der Waals surface area contributed by atoms with E-state index >= 15 is 0 Å². The van der Waals surface area contributed by atoms with Crippen LogP contribution in [-0.2, 0) is 69.0 Å². The van der Waals surface area contributed by atoms with E-state index < -0.39 is 54.6 Å². The van der Waals surface area contributed by atoms with Gasteiger partial charge in [-0.1, -0.05) is 53.7 Å². The second-order valence-corrected chi connectivity index (χ2v) is 25.3. The monoisotopic (exact) mass is 1180 g/mol. The van der Waals surface area contributed by atoms with Crippen LogP contribution in [-0.4, -0.2) is 113 Å². The smallest absolute Gasteiger partial charge is 0.333 e. The van der Waals surface area contributed by atoms with E-state index in [4.69, 9.17) is 27.0 Å². The zero-order valence-corrected chi connectivity index (χ0v) is 47.9. The highest BCUT2D eigenvalue weighted by molar-refractivity contribution is 7.94. The van der Waals surface area contributed by atoms with Crippen LogP contribution in [0.25, 0.3) is 10.8 Å². The Bertz CT molecular complexity index is 3110. The van der Waals surface area contributed by atoms with E-state index in [2.05, 4.69) is 79.0 Å². The number of carbonyl (C=O) groups excluding carboxylic acids is 3. The van der Waals surface area contributed by atoms with Crippen molar-refractivity contribution in [3.63, 3.8) is 0 Å². The molecule has 7 rings (SSSR count). The highest BCUT2D eigenvalue weighted by Crippen LogP contribution is 2.50. The Labute approximate surface area is 468 Å². The van der Waals surface area contributed by atoms with Crippen molar-refractivity contribution in [3.05, 3.63) is 106 Å². The molecular formula is C53H66ClN4O16S4+. The Hall–Kier alpha value is -4.67. The maximum Gasteiger partial charge on any atom is 0.333 e. The molecule has 1 aliphatic carbocycles. The first-order valence-corrected chi connectivity index (χ1v) is 30.9. The number of halogens is 1. The minimum absolute atomic E-state index is 0.0117. The zero-order chi connectivity index (χ0) is 56.4. The average molecular weight is 1180 g/mol. The number of rotatable bonds is 28. The van der Waals surface area contributed by atoms with Gasteiger partial charge in [0, 0.05) is 126 Å². The standard InChI is InChI=1S/C53H65ClN4O16S4/c1-52(2)42-35-39(55(27-9-31-75-73-71-62)28-10-32-76-74-72-63)18-22-43(42)56(30-11-33-77(64,65)66)45(52)23-16-36-12-8-13-37(51(36)54)17-24-46-53(3,4)50-41-20-19-40(78(67,68)69)34-38(41)15-21-44(50)57(46)29-7-5-6-14-49(61)70-58-47(59)25-26-48(58)60/h15-24,34-35H,5-14,25-33H2,1-4H3,(H3-,62,63,64,65,66,67,68,69)/p+1. The third-order valence-corrected chi connectivity index (χ3v) is 17.8. The summed E-state index contributed by atoms with van der Waals surface area (Å²) in [6.07, 6.45) is 13.8. The third kappa shape index (κ3) is 14.8. The SMILES string of the molecule is CC1(C)C(=CC=C2CCCC(C=CC3=[N+](CCCCCC(=O)ON4C(=O)CCC4=O)c4ccc5cc(S(=O)(=O)O)ccc5c4C3(C)C)=C2Cl)N(CCCS(=O)(=O)O)c2ccc(N(CCCSOOO)CCCSOOO)cc21. The summed E-state index contributed by atoms with van der Waals surface area (Å²) in [7, 11) is -8.68. The van der Waals surface area contributed by atoms with Crippen molar-refractivity contribution in [2.45, 2.75) is 120 Å². The number of allylic oxidation sites excluding steroid dienone is 8. The van der Waals surface area contributed by atoms with Crippen molar-refractivity contribution < 1.29 is 79.0 Å². The molecule has 3 aromatic rings. The number of hydroxylamine groups is 2. The summed E-state index contributed by atoms with van der Waals surface area (Å²) in [5.74, 6) is -1.07. The van der Waals surface area contributed by atoms with Crippen molar-refractivity contribution in [3.8, 4) is 0 Å². The molecule has 20 nitrogen and oxygen atoms in total. The first kappa shape index (κ1) is 61.0. The topological polar surface area (TPSA) is 259 Å². The predicted octanol–water partition coefficient (Wildman–Crippen LogP) is 10.5. The molecular weight excluding hydrogens is 1110 g/mol. The molecule has 0 atom stereocenters. The molecule has 1 fully saturated rings. The summed E-state index contributed by atoms with van der Waals surface area (Å²) in [5, 5.41) is 27.3. The number of anilines is 2. The van der Waals surface area contributed by atoms with Crippen molar-refractivity contribution in [2.24, 2.45) is 0 Å². The first-order chi connectivity index (χ1) is 37.1. The molecule has 4 N–H and O–H groups in total. The van der Waals surface area contributed by atoms with Gasteiger partial charge in [0.1, 0.15) is 6.54 Å². The molecule has 0 spiro atoms. The van der Waals surface area contributed by atoms with Gasteiger partial charge < -0.3 is 14.6 Å². The summed E-state index contributed by atoms with van der Waals surface area (Å²) in [5.41, 5.74) is 7.27. The fraction of sp³-hybridized carbons (Fsp3) is 0.472.